The highest BCUT2D eigenvalue weighted by Crippen LogP contribution is 2.55. The van der Waals surface area contributed by atoms with Gasteiger partial charge in [-0.3, -0.25) is 0 Å². The van der Waals surface area contributed by atoms with Crippen molar-refractivity contribution in [2.24, 2.45) is 0 Å². The van der Waals surface area contributed by atoms with E-state index in [1.54, 1.807) is 7.11 Å². The zero-order chi connectivity index (χ0) is 23.8. The summed E-state index contributed by atoms with van der Waals surface area (Å²) in [5, 5.41) is 14.2. The normalized spacial score (nSPS) is 18.3. The van der Waals surface area contributed by atoms with Gasteiger partial charge in [0.25, 0.3) is 0 Å². The Labute approximate surface area is 215 Å². The van der Waals surface area contributed by atoms with Gasteiger partial charge in [-0.05, 0) is 42.9 Å². The fourth-order valence-electron chi connectivity index (χ4n) is 3.88. The third-order valence-corrected chi connectivity index (χ3v) is 10.3. The van der Waals surface area contributed by atoms with Gasteiger partial charge in [0.2, 0.25) is 0 Å². The molecule has 0 aromatic carbocycles. The van der Waals surface area contributed by atoms with Crippen molar-refractivity contribution in [2.75, 3.05) is 26.9 Å². The fourth-order valence-corrected chi connectivity index (χ4v) is 8.45. The highest BCUT2D eigenvalue weighted by molar-refractivity contribution is 8.09. The third kappa shape index (κ3) is 7.00. The molecular formula is C26H36O3S4. The fraction of sp³-hybridized carbons (Fsp3) is 0.538. The van der Waals surface area contributed by atoms with Crippen LogP contribution in [-0.4, -0.2) is 37.3 Å². The Balaban J connectivity index is 1.91. The van der Waals surface area contributed by atoms with E-state index in [1.807, 2.05) is 46.2 Å². The molecule has 0 aliphatic heterocycles. The number of rotatable bonds is 13. The van der Waals surface area contributed by atoms with Crippen LogP contribution in [0.4, 0.5) is 0 Å². The number of hydrogen-bond donors (Lipinski definition) is 1. The first-order chi connectivity index (χ1) is 16.0. The van der Waals surface area contributed by atoms with Crippen LogP contribution >= 0.6 is 46.2 Å². The molecule has 0 saturated heterocycles. The summed E-state index contributed by atoms with van der Waals surface area (Å²) in [5.41, 5.74) is 2.37. The van der Waals surface area contributed by atoms with Crippen LogP contribution in [0.3, 0.4) is 0 Å². The van der Waals surface area contributed by atoms with E-state index in [0.717, 1.165) is 24.2 Å². The van der Waals surface area contributed by atoms with Crippen molar-refractivity contribution in [3.63, 3.8) is 0 Å². The van der Waals surface area contributed by atoms with Crippen LogP contribution in [0.1, 0.15) is 73.4 Å². The van der Waals surface area contributed by atoms with Crippen LogP contribution in [0.2, 0.25) is 0 Å². The Morgan fingerprint density at radius 2 is 1.94 bits per heavy atom. The number of aliphatic hydroxyl groups excluding tert-OH is 1. The zero-order valence-electron chi connectivity index (χ0n) is 20.3. The van der Waals surface area contributed by atoms with Crippen molar-refractivity contribution < 1.29 is 14.6 Å². The number of allylic oxidation sites excluding steroid dienone is 2. The summed E-state index contributed by atoms with van der Waals surface area (Å²) >= 11 is 7.46. The molecule has 3 nitrogen and oxygen atoms in total. The first kappa shape index (κ1) is 27.1. The Morgan fingerprint density at radius 3 is 2.64 bits per heavy atom. The van der Waals surface area contributed by atoms with Crippen LogP contribution < -0.4 is 0 Å². The number of hydrogen-bond acceptors (Lipinski definition) is 7. The molecule has 2 aromatic heterocycles. The molecule has 0 fully saturated rings. The van der Waals surface area contributed by atoms with Gasteiger partial charge < -0.3 is 14.6 Å². The minimum absolute atomic E-state index is 0.0606. The molecule has 3 rings (SSSR count). The second kappa shape index (κ2) is 13.5. The number of aliphatic hydroxyl groups is 1. The van der Waals surface area contributed by atoms with Gasteiger partial charge in [-0.15, -0.1) is 46.2 Å². The molecule has 2 atom stereocenters. The number of thioether (sulfide) groups is 2. The topological polar surface area (TPSA) is 38.7 Å². The first-order valence-electron chi connectivity index (χ1n) is 11.6. The van der Waals surface area contributed by atoms with Crippen molar-refractivity contribution >= 4 is 51.1 Å². The first-order valence-corrected chi connectivity index (χ1v) is 15.2. The van der Waals surface area contributed by atoms with E-state index in [2.05, 4.69) is 57.4 Å². The maximum absolute atomic E-state index is 11.5. The lowest BCUT2D eigenvalue weighted by molar-refractivity contribution is 0.0555. The van der Waals surface area contributed by atoms with Gasteiger partial charge in [0.1, 0.15) is 0 Å². The molecule has 1 N–H and O–H groups in total. The van der Waals surface area contributed by atoms with Gasteiger partial charge in [0, 0.05) is 55.7 Å². The third-order valence-electron chi connectivity index (χ3n) is 5.40. The van der Waals surface area contributed by atoms with E-state index in [0.29, 0.717) is 25.1 Å². The summed E-state index contributed by atoms with van der Waals surface area (Å²) in [7, 11) is 1.69. The molecule has 0 bridgehead atoms. The lowest BCUT2D eigenvalue weighted by Crippen LogP contribution is -2.17. The van der Waals surface area contributed by atoms with Crippen LogP contribution in [0.5, 0.6) is 0 Å². The number of thiophene rings is 2. The van der Waals surface area contributed by atoms with Crippen LogP contribution in [-0.2, 0) is 15.2 Å². The summed E-state index contributed by atoms with van der Waals surface area (Å²) in [4.78, 5) is 6.52. The molecule has 0 spiro atoms. The van der Waals surface area contributed by atoms with Crippen molar-refractivity contribution in [2.45, 2.75) is 63.6 Å². The monoisotopic (exact) mass is 524 g/mol. The molecule has 182 valence electrons. The lowest BCUT2D eigenvalue weighted by Gasteiger charge is -2.28. The Morgan fingerprint density at radius 1 is 1.15 bits per heavy atom. The summed E-state index contributed by atoms with van der Waals surface area (Å²) in [5.74, 6) is 1.03. The minimum atomic E-state index is -0.499. The van der Waals surface area contributed by atoms with Gasteiger partial charge in [0.05, 0.1) is 24.2 Å². The average Bonchev–Trinajstić information content (AvgIpc) is 3.41. The van der Waals surface area contributed by atoms with E-state index in [1.165, 1.54) is 30.0 Å². The maximum atomic E-state index is 11.5. The average molecular weight is 525 g/mol. The molecular weight excluding hydrogens is 489 g/mol. The second-order valence-corrected chi connectivity index (χ2v) is 12.9. The number of methoxy groups -OCH3 is 1. The Hall–Kier alpha value is -0.540. The van der Waals surface area contributed by atoms with E-state index in [-0.39, 0.29) is 5.92 Å². The van der Waals surface area contributed by atoms with Gasteiger partial charge >= 0.3 is 0 Å². The predicted molar refractivity (Wildman–Crippen MR) is 150 cm³/mol. The molecule has 2 aromatic rings. The Bertz CT molecular complexity index is 941. The molecule has 33 heavy (non-hydrogen) atoms. The van der Waals surface area contributed by atoms with Crippen molar-refractivity contribution in [3.8, 4) is 9.75 Å². The summed E-state index contributed by atoms with van der Waals surface area (Å²) < 4.78 is 10.9. The zero-order valence-corrected chi connectivity index (χ0v) is 23.5. The SMILES string of the molecule is C/C=C(\SC(C)C)c1cc2c(s1)-c1sc(CS/C=C\CC)cc1C(CCOCCOC)C2O. The number of ether oxygens (including phenoxy) is 2. The van der Waals surface area contributed by atoms with Crippen LogP contribution in [0, 0.1) is 0 Å². The molecule has 0 saturated carbocycles. The highest BCUT2D eigenvalue weighted by atomic mass is 32.2. The Kier molecular flexibility index (Phi) is 11.1. The molecule has 0 amide bonds. The second-order valence-electron chi connectivity index (χ2n) is 8.25. The van der Waals surface area contributed by atoms with E-state index in [9.17, 15) is 5.11 Å². The van der Waals surface area contributed by atoms with Crippen LogP contribution in [0.15, 0.2) is 29.7 Å². The van der Waals surface area contributed by atoms with Crippen molar-refractivity contribution in [3.05, 3.63) is 50.6 Å². The smallest absolute Gasteiger partial charge is 0.0874 e. The van der Waals surface area contributed by atoms with E-state index >= 15 is 0 Å². The molecule has 2 unspecified atom stereocenters. The van der Waals surface area contributed by atoms with E-state index in [4.69, 9.17) is 9.47 Å². The molecule has 7 heteroatoms. The molecule has 0 radical (unpaired) electrons. The van der Waals surface area contributed by atoms with Gasteiger partial charge in [0.15, 0.2) is 0 Å². The van der Waals surface area contributed by atoms with Crippen LogP contribution in [0.25, 0.3) is 14.7 Å². The number of fused-ring (bicyclic) bond motifs is 3. The quantitative estimate of drug-likeness (QED) is 0.267. The summed E-state index contributed by atoms with van der Waals surface area (Å²) in [6.45, 7) is 10.5. The van der Waals surface area contributed by atoms with Gasteiger partial charge in [-0.2, -0.15) is 0 Å². The maximum Gasteiger partial charge on any atom is 0.0874 e. The molecule has 2 heterocycles. The highest BCUT2D eigenvalue weighted by Gasteiger charge is 2.36. The van der Waals surface area contributed by atoms with E-state index < -0.39 is 6.10 Å². The van der Waals surface area contributed by atoms with Crippen molar-refractivity contribution in [1.29, 1.82) is 0 Å². The predicted octanol–water partition coefficient (Wildman–Crippen LogP) is 8.32. The molecule has 1 aliphatic carbocycles. The summed E-state index contributed by atoms with van der Waals surface area (Å²) in [6.07, 6.45) is 5.78. The minimum Gasteiger partial charge on any atom is -0.388 e. The van der Waals surface area contributed by atoms with Gasteiger partial charge in [-0.1, -0.05) is 32.9 Å². The van der Waals surface area contributed by atoms with Crippen molar-refractivity contribution in [1.82, 2.24) is 0 Å². The molecule has 1 aliphatic rings. The standard InChI is InChI=1S/C26H36O3S4/c1-6-8-13-30-16-18-14-20-19(9-10-29-12-11-28-5)24(27)21-15-23(22(7-2)31-17(3)4)33-26(21)25(20)32-18/h7-8,13-15,17,19,24,27H,6,9-12,16H2,1-5H3/b13-8-,22-7-. The largest absolute Gasteiger partial charge is 0.388 e. The van der Waals surface area contributed by atoms with Gasteiger partial charge in [-0.25, -0.2) is 0 Å². The lowest BCUT2D eigenvalue weighted by atomic mass is 9.82. The summed E-state index contributed by atoms with van der Waals surface area (Å²) in [6, 6.07) is 4.56.